The number of rotatable bonds is 7. The van der Waals surface area contributed by atoms with Crippen LogP contribution in [-0.2, 0) is 16.6 Å². The van der Waals surface area contributed by atoms with Crippen LogP contribution in [0.4, 0.5) is 0 Å². The third-order valence-electron chi connectivity index (χ3n) is 2.39. The molecule has 6 heteroatoms. The van der Waals surface area contributed by atoms with Crippen LogP contribution in [0.15, 0.2) is 6.33 Å². The molecule has 0 aliphatic carbocycles. The highest BCUT2D eigenvalue weighted by Gasteiger charge is 2.13. The lowest BCUT2D eigenvalue weighted by atomic mass is 10.3. The number of aryl methyl sites for hydroxylation is 1. The second-order valence-electron chi connectivity index (χ2n) is 4.00. The Bertz CT molecular complexity index is 351. The molecule has 1 unspecified atom stereocenters. The molecule has 1 rings (SSSR count). The van der Waals surface area contributed by atoms with Crippen molar-refractivity contribution in [2.75, 3.05) is 13.2 Å². The number of carbonyl (C=O) groups is 1. The van der Waals surface area contributed by atoms with Crippen LogP contribution in [0.1, 0.15) is 38.6 Å². The van der Waals surface area contributed by atoms with Crippen molar-refractivity contribution in [3.63, 3.8) is 0 Å². The molecule has 0 fully saturated rings. The molecule has 6 nitrogen and oxygen atoms in total. The van der Waals surface area contributed by atoms with Crippen LogP contribution in [0.3, 0.4) is 0 Å². The third-order valence-corrected chi connectivity index (χ3v) is 2.39. The molecule has 1 heterocycles. The van der Waals surface area contributed by atoms with Crippen LogP contribution in [0.5, 0.6) is 0 Å². The number of hydrogen-bond acceptors (Lipinski definition) is 4. The highest BCUT2D eigenvalue weighted by atomic mass is 16.5. The molecule has 0 spiro atoms. The number of nitrogens with one attached hydrogen (secondary N) is 1. The summed E-state index contributed by atoms with van der Waals surface area (Å²) in [6, 6.07) is -0.162. The van der Waals surface area contributed by atoms with Gasteiger partial charge in [0.1, 0.15) is 12.9 Å². The highest BCUT2D eigenvalue weighted by Crippen LogP contribution is 2.06. The normalized spacial score (nSPS) is 12.4. The number of aromatic nitrogens is 3. The van der Waals surface area contributed by atoms with Crippen molar-refractivity contribution in [1.82, 2.24) is 20.1 Å². The van der Waals surface area contributed by atoms with Gasteiger partial charge in [0.05, 0.1) is 6.04 Å². The largest absolute Gasteiger partial charge is 0.372 e. The molecule has 0 saturated heterocycles. The SMILES string of the molecule is CCCCOCC(=O)NC(C)c1nncn1C. The molecular weight excluding hydrogens is 220 g/mol. The lowest BCUT2D eigenvalue weighted by Gasteiger charge is -2.12. The molecule has 0 bridgehead atoms. The molecule has 1 N–H and O–H groups in total. The first-order chi connectivity index (χ1) is 8.15. The molecule has 0 aliphatic rings. The van der Waals surface area contributed by atoms with Gasteiger partial charge in [0.2, 0.25) is 5.91 Å². The molecule has 0 aromatic carbocycles. The summed E-state index contributed by atoms with van der Waals surface area (Å²) in [4.78, 5) is 11.5. The van der Waals surface area contributed by atoms with E-state index in [2.05, 4.69) is 22.4 Å². The standard InChI is InChI=1S/C11H20N4O2/c1-4-5-6-17-7-10(16)13-9(2)11-14-12-8-15(11)3/h8-9H,4-7H2,1-3H3,(H,13,16). The van der Waals surface area contributed by atoms with E-state index < -0.39 is 0 Å². The summed E-state index contributed by atoms with van der Waals surface area (Å²) in [5, 5.41) is 10.5. The number of ether oxygens (including phenoxy) is 1. The lowest BCUT2D eigenvalue weighted by Crippen LogP contribution is -2.31. The maximum Gasteiger partial charge on any atom is 0.246 e. The van der Waals surface area contributed by atoms with Gasteiger partial charge in [0.25, 0.3) is 0 Å². The zero-order valence-electron chi connectivity index (χ0n) is 10.6. The van der Waals surface area contributed by atoms with Gasteiger partial charge in [-0.25, -0.2) is 0 Å². The quantitative estimate of drug-likeness (QED) is 0.716. The van der Waals surface area contributed by atoms with Crippen LogP contribution in [0, 0.1) is 0 Å². The molecule has 1 aromatic rings. The van der Waals surface area contributed by atoms with E-state index in [0.29, 0.717) is 6.61 Å². The Morgan fingerprint density at radius 3 is 3.00 bits per heavy atom. The van der Waals surface area contributed by atoms with Crippen molar-refractivity contribution < 1.29 is 9.53 Å². The van der Waals surface area contributed by atoms with Gasteiger partial charge in [-0.15, -0.1) is 10.2 Å². The van der Waals surface area contributed by atoms with Gasteiger partial charge < -0.3 is 14.6 Å². The molecular formula is C11H20N4O2. The summed E-state index contributed by atoms with van der Waals surface area (Å²) in [6.45, 7) is 4.68. The van der Waals surface area contributed by atoms with Crippen molar-refractivity contribution in [2.24, 2.45) is 7.05 Å². The van der Waals surface area contributed by atoms with E-state index in [0.717, 1.165) is 18.7 Å². The fourth-order valence-corrected chi connectivity index (χ4v) is 1.44. The summed E-state index contributed by atoms with van der Waals surface area (Å²) < 4.78 is 7.01. The molecule has 1 aromatic heterocycles. The fourth-order valence-electron chi connectivity index (χ4n) is 1.44. The Balaban J connectivity index is 2.29. The van der Waals surface area contributed by atoms with E-state index in [9.17, 15) is 4.79 Å². The zero-order valence-corrected chi connectivity index (χ0v) is 10.6. The summed E-state index contributed by atoms with van der Waals surface area (Å²) in [5.41, 5.74) is 0. The van der Waals surface area contributed by atoms with Crippen LogP contribution in [0.25, 0.3) is 0 Å². The first-order valence-electron chi connectivity index (χ1n) is 5.86. The number of amides is 1. The average Bonchev–Trinajstić information content (AvgIpc) is 2.71. The molecule has 1 amide bonds. The second-order valence-corrected chi connectivity index (χ2v) is 4.00. The third kappa shape index (κ3) is 4.52. The van der Waals surface area contributed by atoms with Crippen LogP contribution in [0.2, 0.25) is 0 Å². The van der Waals surface area contributed by atoms with E-state index in [1.165, 1.54) is 0 Å². The lowest BCUT2D eigenvalue weighted by molar-refractivity contribution is -0.126. The van der Waals surface area contributed by atoms with Gasteiger partial charge in [-0.3, -0.25) is 4.79 Å². The van der Waals surface area contributed by atoms with E-state index >= 15 is 0 Å². The molecule has 0 radical (unpaired) electrons. The van der Waals surface area contributed by atoms with Crippen molar-refractivity contribution in [3.05, 3.63) is 12.2 Å². The molecule has 1 atom stereocenters. The van der Waals surface area contributed by atoms with E-state index in [4.69, 9.17) is 4.74 Å². The molecule has 96 valence electrons. The van der Waals surface area contributed by atoms with Crippen molar-refractivity contribution in [3.8, 4) is 0 Å². The first-order valence-corrected chi connectivity index (χ1v) is 5.86. The number of hydrogen-bond donors (Lipinski definition) is 1. The maximum absolute atomic E-state index is 11.5. The summed E-state index contributed by atoms with van der Waals surface area (Å²) in [5.74, 6) is 0.600. The van der Waals surface area contributed by atoms with Crippen molar-refractivity contribution in [2.45, 2.75) is 32.7 Å². The Labute approximate surface area is 101 Å². The topological polar surface area (TPSA) is 69.0 Å². The first kappa shape index (κ1) is 13.6. The minimum absolute atomic E-state index is 0.0994. The average molecular weight is 240 g/mol. The highest BCUT2D eigenvalue weighted by molar-refractivity contribution is 5.77. The van der Waals surface area contributed by atoms with Crippen LogP contribution >= 0.6 is 0 Å². The monoisotopic (exact) mass is 240 g/mol. The summed E-state index contributed by atoms with van der Waals surface area (Å²) >= 11 is 0. The van der Waals surface area contributed by atoms with Crippen molar-refractivity contribution in [1.29, 1.82) is 0 Å². The van der Waals surface area contributed by atoms with Gasteiger partial charge in [0, 0.05) is 13.7 Å². The van der Waals surface area contributed by atoms with Gasteiger partial charge in [-0.05, 0) is 13.3 Å². The molecule has 0 aliphatic heterocycles. The maximum atomic E-state index is 11.5. The van der Waals surface area contributed by atoms with Gasteiger partial charge in [-0.2, -0.15) is 0 Å². The van der Waals surface area contributed by atoms with Crippen LogP contribution < -0.4 is 5.32 Å². The fraction of sp³-hybridized carbons (Fsp3) is 0.727. The van der Waals surface area contributed by atoms with E-state index in [1.807, 2.05) is 14.0 Å². The van der Waals surface area contributed by atoms with Gasteiger partial charge in [-0.1, -0.05) is 13.3 Å². The number of carbonyl (C=O) groups excluding carboxylic acids is 1. The minimum atomic E-state index is -0.162. The predicted molar refractivity (Wildman–Crippen MR) is 63.3 cm³/mol. The second kappa shape index (κ2) is 7.01. The van der Waals surface area contributed by atoms with Gasteiger partial charge >= 0.3 is 0 Å². The summed E-state index contributed by atoms with van der Waals surface area (Å²) in [7, 11) is 1.84. The van der Waals surface area contributed by atoms with E-state index in [1.54, 1.807) is 10.9 Å². The molecule has 17 heavy (non-hydrogen) atoms. The van der Waals surface area contributed by atoms with Gasteiger partial charge in [0.15, 0.2) is 5.82 Å². The smallest absolute Gasteiger partial charge is 0.246 e. The summed E-state index contributed by atoms with van der Waals surface area (Å²) in [6.07, 6.45) is 3.65. The van der Waals surface area contributed by atoms with Crippen LogP contribution in [-0.4, -0.2) is 33.9 Å². The predicted octanol–water partition coefficient (Wildman–Crippen LogP) is 0.809. The minimum Gasteiger partial charge on any atom is -0.372 e. The molecule has 0 saturated carbocycles. The van der Waals surface area contributed by atoms with E-state index in [-0.39, 0.29) is 18.6 Å². The number of nitrogens with zero attached hydrogens (tertiary/aromatic N) is 3. The Morgan fingerprint density at radius 2 is 2.41 bits per heavy atom. The Kier molecular flexibility index (Phi) is 5.62. The zero-order chi connectivity index (χ0) is 12.7. The van der Waals surface area contributed by atoms with Crippen molar-refractivity contribution >= 4 is 5.91 Å². The number of unbranched alkanes of at least 4 members (excludes halogenated alkanes) is 1. The Morgan fingerprint density at radius 1 is 1.65 bits per heavy atom. The Hall–Kier alpha value is -1.43.